The highest BCUT2D eigenvalue weighted by atomic mass is 16.3. The second-order valence-corrected chi connectivity index (χ2v) is 4.66. The standard InChI is InChI=1S/C15H18N4O2/c1-2-18-10-12(17)9-14(18)15(20)19(7-4-6-16)11-13-5-3-8-21-13/h3,5,8-10H,2,4,7,11,17H2,1H3. The molecule has 0 saturated carbocycles. The summed E-state index contributed by atoms with van der Waals surface area (Å²) >= 11 is 0. The van der Waals surface area contributed by atoms with E-state index in [0.29, 0.717) is 36.8 Å². The maximum Gasteiger partial charge on any atom is 0.270 e. The number of furan rings is 1. The van der Waals surface area contributed by atoms with Crippen LogP contribution >= 0.6 is 0 Å². The van der Waals surface area contributed by atoms with E-state index in [4.69, 9.17) is 15.4 Å². The van der Waals surface area contributed by atoms with Crippen molar-refractivity contribution in [2.75, 3.05) is 12.3 Å². The Morgan fingerprint density at radius 1 is 1.57 bits per heavy atom. The molecule has 2 aromatic rings. The first kappa shape index (κ1) is 14.7. The summed E-state index contributed by atoms with van der Waals surface area (Å²) < 4.78 is 7.09. The van der Waals surface area contributed by atoms with Crippen LogP contribution in [0.25, 0.3) is 0 Å². The Hall–Kier alpha value is -2.68. The molecule has 0 radical (unpaired) electrons. The molecule has 1 amide bonds. The van der Waals surface area contributed by atoms with Crippen LogP contribution in [0, 0.1) is 11.3 Å². The average molecular weight is 286 g/mol. The molecule has 0 aliphatic rings. The summed E-state index contributed by atoms with van der Waals surface area (Å²) in [6.07, 6.45) is 3.58. The summed E-state index contributed by atoms with van der Waals surface area (Å²) in [4.78, 5) is 14.3. The van der Waals surface area contributed by atoms with Crippen molar-refractivity contribution in [1.29, 1.82) is 5.26 Å². The number of aromatic nitrogens is 1. The van der Waals surface area contributed by atoms with Crippen LogP contribution in [0.5, 0.6) is 0 Å². The summed E-state index contributed by atoms with van der Waals surface area (Å²) in [7, 11) is 0. The molecular formula is C15H18N4O2. The van der Waals surface area contributed by atoms with Gasteiger partial charge in [0.15, 0.2) is 0 Å². The van der Waals surface area contributed by atoms with Gasteiger partial charge in [0, 0.05) is 19.3 Å². The minimum Gasteiger partial charge on any atom is -0.467 e. The Balaban J connectivity index is 2.22. The number of nitrogens with two attached hydrogens (primary N) is 1. The number of anilines is 1. The first-order valence-electron chi connectivity index (χ1n) is 6.80. The van der Waals surface area contributed by atoms with Gasteiger partial charge in [0.2, 0.25) is 0 Å². The summed E-state index contributed by atoms with van der Waals surface area (Å²) in [6, 6.07) is 7.30. The van der Waals surface area contributed by atoms with Crippen molar-refractivity contribution in [2.45, 2.75) is 26.4 Å². The number of nitriles is 1. The molecule has 0 fully saturated rings. The van der Waals surface area contributed by atoms with Gasteiger partial charge in [-0.15, -0.1) is 0 Å². The minimum absolute atomic E-state index is 0.153. The number of carbonyl (C=O) groups excluding carboxylic acids is 1. The Morgan fingerprint density at radius 2 is 2.38 bits per heavy atom. The molecule has 0 aliphatic carbocycles. The van der Waals surface area contributed by atoms with Crippen molar-refractivity contribution in [1.82, 2.24) is 9.47 Å². The smallest absolute Gasteiger partial charge is 0.270 e. The van der Waals surface area contributed by atoms with Crippen molar-refractivity contribution in [3.05, 3.63) is 42.1 Å². The second-order valence-electron chi connectivity index (χ2n) is 4.66. The SMILES string of the molecule is CCn1cc(N)cc1C(=O)N(CCC#N)Cc1ccco1. The summed E-state index contributed by atoms with van der Waals surface area (Å²) in [5.74, 6) is 0.532. The third-order valence-corrected chi connectivity index (χ3v) is 3.19. The molecule has 2 rings (SSSR count). The van der Waals surface area contributed by atoms with Gasteiger partial charge >= 0.3 is 0 Å². The van der Waals surface area contributed by atoms with Gasteiger partial charge in [-0.2, -0.15) is 5.26 Å². The fourth-order valence-electron chi connectivity index (χ4n) is 2.16. The van der Waals surface area contributed by atoms with E-state index in [1.54, 1.807) is 40.1 Å². The highest BCUT2D eigenvalue weighted by molar-refractivity contribution is 5.93. The molecule has 2 N–H and O–H groups in total. The van der Waals surface area contributed by atoms with Crippen LogP contribution in [0.15, 0.2) is 35.1 Å². The van der Waals surface area contributed by atoms with Crippen LogP contribution in [0.2, 0.25) is 0 Å². The van der Waals surface area contributed by atoms with Crippen molar-refractivity contribution in [3.63, 3.8) is 0 Å². The molecule has 0 spiro atoms. The molecule has 110 valence electrons. The molecule has 2 aromatic heterocycles. The summed E-state index contributed by atoms with van der Waals surface area (Å²) in [5.41, 5.74) is 6.85. The van der Waals surface area contributed by atoms with E-state index in [2.05, 4.69) is 6.07 Å². The predicted molar refractivity (Wildman–Crippen MR) is 78.2 cm³/mol. The normalized spacial score (nSPS) is 10.3. The number of aryl methyl sites for hydroxylation is 1. The predicted octanol–water partition coefficient (Wildman–Crippen LogP) is 2.24. The molecule has 0 bridgehead atoms. The lowest BCUT2D eigenvalue weighted by atomic mass is 10.3. The summed E-state index contributed by atoms with van der Waals surface area (Å²) in [5, 5.41) is 8.76. The van der Waals surface area contributed by atoms with Crippen molar-refractivity contribution in [2.24, 2.45) is 0 Å². The first-order valence-corrected chi connectivity index (χ1v) is 6.80. The third-order valence-electron chi connectivity index (χ3n) is 3.19. The van der Waals surface area contributed by atoms with Gasteiger partial charge in [0.1, 0.15) is 11.5 Å². The van der Waals surface area contributed by atoms with Gasteiger partial charge in [-0.1, -0.05) is 0 Å². The quantitative estimate of drug-likeness (QED) is 0.882. The molecule has 0 saturated heterocycles. The van der Waals surface area contributed by atoms with Crippen LogP contribution < -0.4 is 5.73 Å². The van der Waals surface area contributed by atoms with Gasteiger partial charge in [0.25, 0.3) is 5.91 Å². The number of nitrogen functional groups attached to an aromatic ring is 1. The fourth-order valence-corrected chi connectivity index (χ4v) is 2.16. The molecule has 21 heavy (non-hydrogen) atoms. The number of hydrogen-bond acceptors (Lipinski definition) is 4. The van der Waals surface area contributed by atoms with Gasteiger partial charge < -0.3 is 19.6 Å². The zero-order chi connectivity index (χ0) is 15.2. The molecule has 0 aromatic carbocycles. The fraction of sp³-hybridized carbons (Fsp3) is 0.333. The van der Waals surface area contributed by atoms with E-state index in [-0.39, 0.29) is 12.3 Å². The molecule has 6 heteroatoms. The van der Waals surface area contributed by atoms with Crippen LogP contribution in [-0.4, -0.2) is 21.9 Å². The molecule has 0 atom stereocenters. The van der Waals surface area contributed by atoms with E-state index in [0.717, 1.165) is 0 Å². The topological polar surface area (TPSA) is 88.2 Å². The number of amides is 1. The van der Waals surface area contributed by atoms with E-state index in [1.165, 1.54) is 0 Å². The molecular weight excluding hydrogens is 268 g/mol. The van der Waals surface area contributed by atoms with Crippen LogP contribution in [0.3, 0.4) is 0 Å². The van der Waals surface area contributed by atoms with Crippen molar-refractivity contribution in [3.8, 4) is 6.07 Å². The molecule has 0 unspecified atom stereocenters. The number of rotatable bonds is 6. The number of hydrogen-bond donors (Lipinski definition) is 1. The number of carbonyl (C=O) groups is 1. The van der Waals surface area contributed by atoms with Crippen molar-refractivity contribution < 1.29 is 9.21 Å². The molecule has 6 nitrogen and oxygen atoms in total. The lowest BCUT2D eigenvalue weighted by Crippen LogP contribution is -2.32. The Bertz CT molecular complexity index is 637. The van der Waals surface area contributed by atoms with Gasteiger partial charge in [-0.05, 0) is 25.1 Å². The van der Waals surface area contributed by atoms with Crippen LogP contribution in [0.4, 0.5) is 5.69 Å². The van der Waals surface area contributed by atoms with Crippen LogP contribution in [0.1, 0.15) is 29.6 Å². The molecule has 2 heterocycles. The average Bonchev–Trinajstić information content (AvgIpc) is 3.11. The lowest BCUT2D eigenvalue weighted by Gasteiger charge is -2.21. The maximum atomic E-state index is 12.7. The second kappa shape index (κ2) is 6.66. The van der Waals surface area contributed by atoms with E-state index in [1.807, 2.05) is 6.92 Å². The van der Waals surface area contributed by atoms with E-state index in [9.17, 15) is 4.79 Å². The zero-order valence-corrected chi connectivity index (χ0v) is 12.0. The minimum atomic E-state index is -0.153. The molecule has 0 aliphatic heterocycles. The van der Waals surface area contributed by atoms with Gasteiger partial charge in [-0.3, -0.25) is 4.79 Å². The third kappa shape index (κ3) is 3.45. The van der Waals surface area contributed by atoms with Crippen molar-refractivity contribution >= 4 is 11.6 Å². The maximum absolute atomic E-state index is 12.7. The Morgan fingerprint density at radius 3 is 3.00 bits per heavy atom. The highest BCUT2D eigenvalue weighted by Gasteiger charge is 2.20. The summed E-state index contributed by atoms with van der Waals surface area (Å²) in [6.45, 7) is 3.29. The van der Waals surface area contributed by atoms with E-state index < -0.39 is 0 Å². The van der Waals surface area contributed by atoms with Gasteiger partial charge in [-0.25, -0.2) is 0 Å². The van der Waals surface area contributed by atoms with Gasteiger partial charge in [0.05, 0.1) is 31.0 Å². The lowest BCUT2D eigenvalue weighted by molar-refractivity contribution is 0.0724. The Labute approximate surface area is 123 Å². The monoisotopic (exact) mass is 286 g/mol. The Kier molecular flexibility index (Phi) is 4.67. The number of nitrogens with zero attached hydrogens (tertiary/aromatic N) is 3. The first-order chi connectivity index (χ1) is 10.2. The van der Waals surface area contributed by atoms with E-state index >= 15 is 0 Å². The highest BCUT2D eigenvalue weighted by Crippen LogP contribution is 2.15. The van der Waals surface area contributed by atoms with Crippen LogP contribution in [-0.2, 0) is 13.1 Å². The zero-order valence-electron chi connectivity index (χ0n) is 12.0. The largest absolute Gasteiger partial charge is 0.467 e.